The van der Waals surface area contributed by atoms with Gasteiger partial charge < -0.3 is 10.4 Å². The van der Waals surface area contributed by atoms with E-state index in [0.717, 1.165) is 10.5 Å². The molecule has 1 atom stereocenters. The number of rotatable bonds is 6. The maximum Gasteiger partial charge on any atom is 0.194 e. The first-order valence-electron chi connectivity index (χ1n) is 7.81. The highest BCUT2D eigenvalue weighted by molar-refractivity contribution is 7.15. The standard InChI is InChI=1S/C17H18ClN3OS/c18-13-4-2-1-3-12(13)15(22)10-19-9-14-16(11-5-6-11)20-17-21(14)7-8-23-17/h1-4,7-8,11,15,19,22H,5-6,9-10H2. The fourth-order valence-corrected chi connectivity index (χ4v) is 3.89. The number of nitrogens with zero attached hydrogens (tertiary/aromatic N) is 2. The van der Waals surface area contributed by atoms with E-state index in [1.54, 1.807) is 17.4 Å². The lowest BCUT2D eigenvalue weighted by Crippen LogP contribution is -2.22. The van der Waals surface area contributed by atoms with Gasteiger partial charge in [0, 0.05) is 41.2 Å². The van der Waals surface area contributed by atoms with Gasteiger partial charge in [0.05, 0.1) is 17.5 Å². The van der Waals surface area contributed by atoms with Crippen molar-refractivity contribution in [2.45, 2.75) is 31.4 Å². The Morgan fingerprint density at radius 3 is 3.00 bits per heavy atom. The fraction of sp³-hybridized carbons (Fsp3) is 0.353. The predicted molar refractivity (Wildman–Crippen MR) is 93.2 cm³/mol. The Hall–Kier alpha value is -1.40. The molecule has 1 aliphatic carbocycles. The summed E-state index contributed by atoms with van der Waals surface area (Å²) in [5.41, 5.74) is 3.20. The van der Waals surface area contributed by atoms with E-state index in [4.69, 9.17) is 16.6 Å². The highest BCUT2D eigenvalue weighted by atomic mass is 35.5. The Labute approximate surface area is 143 Å². The van der Waals surface area contributed by atoms with Crippen molar-refractivity contribution in [1.29, 1.82) is 0 Å². The summed E-state index contributed by atoms with van der Waals surface area (Å²) < 4.78 is 2.16. The molecule has 23 heavy (non-hydrogen) atoms. The summed E-state index contributed by atoms with van der Waals surface area (Å²) in [6, 6.07) is 7.42. The van der Waals surface area contributed by atoms with Crippen molar-refractivity contribution in [3.8, 4) is 0 Å². The van der Waals surface area contributed by atoms with E-state index in [1.807, 2.05) is 18.2 Å². The van der Waals surface area contributed by atoms with Crippen molar-refractivity contribution in [3.05, 3.63) is 57.8 Å². The maximum absolute atomic E-state index is 10.3. The minimum absolute atomic E-state index is 0.464. The molecule has 3 aromatic rings. The lowest BCUT2D eigenvalue weighted by Gasteiger charge is -2.14. The molecule has 1 unspecified atom stereocenters. The van der Waals surface area contributed by atoms with Crippen molar-refractivity contribution < 1.29 is 5.11 Å². The highest BCUT2D eigenvalue weighted by Crippen LogP contribution is 2.41. The molecule has 1 fully saturated rings. The number of thiazole rings is 1. The molecule has 6 heteroatoms. The zero-order valence-corrected chi connectivity index (χ0v) is 14.1. The van der Waals surface area contributed by atoms with Gasteiger partial charge in [-0.3, -0.25) is 4.40 Å². The van der Waals surface area contributed by atoms with E-state index in [-0.39, 0.29) is 0 Å². The van der Waals surface area contributed by atoms with Crippen LogP contribution in [0.1, 0.15) is 41.8 Å². The Kier molecular flexibility index (Phi) is 4.11. The van der Waals surface area contributed by atoms with Crippen LogP contribution < -0.4 is 5.32 Å². The summed E-state index contributed by atoms with van der Waals surface area (Å²) in [7, 11) is 0. The Morgan fingerprint density at radius 1 is 1.39 bits per heavy atom. The number of hydrogen-bond donors (Lipinski definition) is 2. The number of nitrogens with one attached hydrogen (secondary N) is 1. The second-order valence-electron chi connectivity index (χ2n) is 5.94. The minimum atomic E-state index is -0.612. The zero-order chi connectivity index (χ0) is 15.8. The Morgan fingerprint density at radius 2 is 2.22 bits per heavy atom. The van der Waals surface area contributed by atoms with E-state index in [0.29, 0.717) is 24.0 Å². The predicted octanol–water partition coefficient (Wildman–Crippen LogP) is 3.75. The molecule has 2 heterocycles. The molecule has 1 aromatic carbocycles. The Balaban J connectivity index is 1.46. The van der Waals surface area contributed by atoms with Crippen LogP contribution in [0.5, 0.6) is 0 Å². The summed E-state index contributed by atoms with van der Waals surface area (Å²) in [5, 5.41) is 16.3. The van der Waals surface area contributed by atoms with Gasteiger partial charge in [0.1, 0.15) is 0 Å². The molecule has 4 rings (SSSR count). The number of hydrogen-bond acceptors (Lipinski definition) is 4. The number of aliphatic hydroxyl groups is 1. The van der Waals surface area contributed by atoms with Crippen molar-refractivity contribution in [2.24, 2.45) is 0 Å². The number of aromatic nitrogens is 2. The summed E-state index contributed by atoms with van der Waals surface area (Å²) in [6.45, 7) is 1.16. The van der Waals surface area contributed by atoms with Gasteiger partial charge in [0.25, 0.3) is 0 Å². The Bertz CT molecular complexity index is 824. The minimum Gasteiger partial charge on any atom is -0.387 e. The lowest BCUT2D eigenvalue weighted by atomic mass is 10.1. The fourth-order valence-electron chi connectivity index (χ4n) is 2.89. The van der Waals surface area contributed by atoms with Gasteiger partial charge in [-0.25, -0.2) is 4.98 Å². The first-order valence-corrected chi connectivity index (χ1v) is 9.07. The third kappa shape index (κ3) is 3.02. The van der Waals surface area contributed by atoms with Crippen LogP contribution in [0.25, 0.3) is 4.96 Å². The number of aliphatic hydroxyl groups excluding tert-OH is 1. The summed E-state index contributed by atoms with van der Waals surface area (Å²) in [4.78, 5) is 5.81. The average Bonchev–Trinajstić information content (AvgIpc) is 3.19. The van der Waals surface area contributed by atoms with Crippen LogP contribution in [0.3, 0.4) is 0 Å². The van der Waals surface area contributed by atoms with E-state index < -0.39 is 6.10 Å². The van der Waals surface area contributed by atoms with Crippen LogP contribution in [0, 0.1) is 0 Å². The second kappa shape index (κ2) is 6.24. The van der Waals surface area contributed by atoms with E-state index in [9.17, 15) is 5.11 Å². The normalized spacial score (nSPS) is 16.1. The first kappa shape index (κ1) is 15.1. The SMILES string of the molecule is OC(CNCc1c(C2CC2)nc2sccn12)c1ccccc1Cl. The molecule has 0 aliphatic heterocycles. The number of imidazole rings is 1. The summed E-state index contributed by atoms with van der Waals surface area (Å²) >= 11 is 7.80. The second-order valence-corrected chi connectivity index (χ2v) is 7.22. The molecule has 0 amide bonds. The first-order chi connectivity index (χ1) is 11.2. The van der Waals surface area contributed by atoms with Crippen molar-refractivity contribution in [3.63, 3.8) is 0 Å². The molecule has 120 valence electrons. The lowest BCUT2D eigenvalue weighted by molar-refractivity contribution is 0.174. The van der Waals surface area contributed by atoms with E-state index in [2.05, 4.69) is 21.3 Å². The van der Waals surface area contributed by atoms with Gasteiger partial charge in [-0.05, 0) is 18.9 Å². The molecule has 1 aliphatic rings. The molecule has 0 radical (unpaired) electrons. The van der Waals surface area contributed by atoms with Crippen molar-refractivity contribution in [1.82, 2.24) is 14.7 Å². The van der Waals surface area contributed by atoms with Gasteiger partial charge >= 0.3 is 0 Å². The largest absolute Gasteiger partial charge is 0.387 e. The topological polar surface area (TPSA) is 49.6 Å². The van der Waals surface area contributed by atoms with Crippen LogP contribution >= 0.6 is 22.9 Å². The van der Waals surface area contributed by atoms with Crippen LogP contribution in [0.2, 0.25) is 5.02 Å². The van der Waals surface area contributed by atoms with Gasteiger partial charge in [0.15, 0.2) is 4.96 Å². The molecule has 0 saturated heterocycles. The van der Waals surface area contributed by atoms with E-state index in [1.165, 1.54) is 24.2 Å². The molecule has 0 spiro atoms. The third-order valence-corrected chi connectivity index (χ3v) is 5.35. The maximum atomic E-state index is 10.3. The quantitative estimate of drug-likeness (QED) is 0.714. The van der Waals surface area contributed by atoms with Crippen molar-refractivity contribution in [2.75, 3.05) is 6.54 Å². The molecule has 0 bridgehead atoms. The van der Waals surface area contributed by atoms with Gasteiger partial charge in [-0.1, -0.05) is 29.8 Å². The summed E-state index contributed by atoms with van der Waals surface area (Å²) in [6.07, 6.45) is 3.93. The highest BCUT2D eigenvalue weighted by Gasteiger charge is 2.30. The van der Waals surface area contributed by atoms with Crippen molar-refractivity contribution >= 4 is 27.9 Å². The molecule has 4 nitrogen and oxygen atoms in total. The van der Waals surface area contributed by atoms with Crippen LogP contribution in [-0.2, 0) is 6.54 Å². The molecule has 2 aromatic heterocycles. The van der Waals surface area contributed by atoms with Gasteiger partial charge in [0.2, 0.25) is 0 Å². The van der Waals surface area contributed by atoms with Gasteiger partial charge in [-0.15, -0.1) is 11.3 Å². The molecule has 2 N–H and O–H groups in total. The molecule has 1 saturated carbocycles. The number of fused-ring (bicyclic) bond motifs is 1. The average molecular weight is 348 g/mol. The monoisotopic (exact) mass is 347 g/mol. The number of halogens is 1. The van der Waals surface area contributed by atoms with Crippen LogP contribution in [0.4, 0.5) is 0 Å². The van der Waals surface area contributed by atoms with Gasteiger partial charge in [-0.2, -0.15) is 0 Å². The van der Waals surface area contributed by atoms with Crippen LogP contribution in [0.15, 0.2) is 35.8 Å². The molecular formula is C17H18ClN3OS. The molecular weight excluding hydrogens is 330 g/mol. The zero-order valence-electron chi connectivity index (χ0n) is 12.6. The third-order valence-electron chi connectivity index (χ3n) is 4.25. The smallest absolute Gasteiger partial charge is 0.194 e. The number of benzene rings is 1. The van der Waals surface area contributed by atoms with E-state index >= 15 is 0 Å². The summed E-state index contributed by atoms with van der Waals surface area (Å²) in [5.74, 6) is 0.618. The van der Waals surface area contributed by atoms with Crippen LogP contribution in [-0.4, -0.2) is 21.0 Å².